The van der Waals surface area contributed by atoms with Gasteiger partial charge in [-0.2, -0.15) is 0 Å². The highest BCUT2D eigenvalue weighted by Crippen LogP contribution is 2.38. The number of nitrogens with zero attached hydrogens (tertiary/aromatic N) is 1. The first-order chi connectivity index (χ1) is 7.84. The number of rotatable bonds is 0. The second-order valence-corrected chi connectivity index (χ2v) is 5.32. The fourth-order valence-electron chi connectivity index (χ4n) is 3.40. The van der Waals surface area contributed by atoms with Gasteiger partial charge in [0.2, 0.25) is 5.91 Å². The molecule has 0 spiro atoms. The number of hydrogen-bond acceptors (Lipinski definition) is 1. The van der Waals surface area contributed by atoms with Crippen molar-refractivity contribution in [3.8, 4) is 0 Å². The molecule has 3 unspecified atom stereocenters. The molecule has 1 saturated heterocycles. The van der Waals surface area contributed by atoms with Crippen molar-refractivity contribution in [1.29, 1.82) is 0 Å². The minimum absolute atomic E-state index is 0.351. The van der Waals surface area contributed by atoms with E-state index in [1.807, 2.05) is 11.1 Å². The van der Waals surface area contributed by atoms with Crippen molar-refractivity contribution in [2.75, 3.05) is 0 Å². The Labute approximate surface area is 97.0 Å². The van der Waals surface area contributed by atoms with E-state index in [0.717, 1.165) is 31.6 Å². The van der Waals surface area contributed by atoms with E-state index < -0.39 is 0 Å². The van der Waals surface area contributed by atoms with Gasteiger partial charge in [-0.15, -0.1) is 0 Å². The molecular formula is C14H19NO. The summed E-state index contributed by atoms with van der Waals surface area (Å²) in [5.41, 5.74) is 0. The number of allylic oxidation sites excluding steroid dienone is 3. The summed E-state index contributed by atoms with van der Waals surface area (Å²) in [6.45, 7) is 0. The maximum absolute atomic E-state index is 12.2. The first-order valence-corrected chi connectivity index (χ1v) is 6.47. The van der Waals surface area contributed by atoms with E-state index in [-0.39, 0.29) is 0 Å². The molecule has 0 bridgehead atoms. The van der Waals surface area contributed by atoms with Crippen molar-refractivity contribution < 1.29 is 4.79 Å². The molecule has 0 aromatic carbocycles. The molecule has 0 N–H and O–H groups in total. The lowest BCUT2D eigenvalue weighted by atomic mass is 9.78. The average molecular weight is 217 g/mol. The topological polar surface area (TPSA) is 20.3 Å². The highest BCUT2D eigenvalue weighted by molar-refractivity contribution is 5.78. The third-order valence-electron chi connectivity index (χ3n) is 4.34. The molecule has 0 radical (unpaired) electrons. The molecule has 2 heteroatoms. The molecular weight excluding hydrogens is 198 g/mol. The van der Waals surface area contributed by atoms with Gasteiger partial charge in [0.25, 0.3) is 0 Å². The van der Waals surface area contributed by atoms with Crippen LogP contribution in [-0.2, 0) is 4.79 Å². The van der Waals surface area contributed by atoms with Gasteiger partial charge < -0.3 is 4.90 Å². The van der Waals surface area contributed by atoms with Crippen molar-refractivity contribution in [1.82, 2.24) is 4.90 Å². The third-order valence-corrected chi connectivity index (χ3v) is 4.34. The van der Waals surface area contributed by atoms with Crippen LogP contribution in [0, 0.1) is 11.8 Å². The highest BCUT2D eigenvalue weighted by atomic mass is 16.2. The lowest BCUT2D eigenvalue weighted by molar-refractivity contribution is -0.130. The first-order valence-electron chi connectivity index (χ1n) is 6.47. The lowest BCUT2D eigenvalue weighted by Gasteiger charge is -2.31. The molecule has 2 nitrogen and oxygen atoms in total. The zero-order chi connectivity index (χ0) is 11.0. The Morgan fingerprint density at radius 3 is 2.81 bits per heavy atom. The van der Waals surface area contributed by atoms with E-state index in [0.29, 0.717) is 17.9 Å². The SMILES string of the molecule is O=C1CC2CC=CCC2CC2CCC=CN12. The monoisotopic (exact) mass is 217 g/mol. The second kappa shape index (κ2) is 4.08. The van der Waals surface area contributed by atoms with Crippen LogP contribution in [0.1, 0.15) is 38.5 Å². The molecule has 16 heavy (non-hydrogen) atoms. The number of carbonyl (C=O) groups excluding carboxylic acids is 1. The number of amides is 1. The standard InChI is InChI=1S/C14H19NO/c16-14-10-12-6-2-1-5-11(12)9-13-7-3-4-8-15(13)14/h1-2,4,8,11-13H,3,5-7,9-10H2. The van der Waals surface area contributed by atoms with E-state index in [9.17, 15) is 4.79 Å². The molecule has 0 saturated carbocycles. The smallest absolute Gasteiger partial charge is 0.227 e. The Morgan fingerprint density at radius 2 is 1.94 bits per heavy atom. The van der Waals surface area contributed by atoms with E-state index >= 15 is 0 Å². The quantitative estimate of drug-likeness (QED) is 0.571. The summed E-state index contributed by atoms with van der Waals surface area (Å²) in [4.78, 5) is 14.2. The molecule has 3 aliphatic rings. The van der Waals surface area contributed by atoms with E-state index in [1.165, 1.54) is 12.8 Å². The summed E-state index contributed by atoms with van der Waals surface area (Å²) in [6, 6.07) is 0.485. The van der Waals surface area contributed by atoms with Crippen LogP contribution in [0.25, 0.3) is 0 Å². The summed E-state index contributed by atoms with van der Waals surface area (Å²) in [5, 5.41) is 0. The van der Waals surface area contributed by atoms with Gasteiger partial charge in [-0.05, 0) is 43.9 Å². The fourth-order valence-corrected chi connectivity index (χ4v) is 3.40. The molecule has 2 heterocycles. The molecule has 2 aliphatic heterocycles. The van der Waals surface area contributed by atoms with Crippen molar-refractivity contribution >= 4 is 5.91 Å². The van der Waals surface area contributed by atoms with Gasteiger partial charge in [-0.3, -0.25) is 4.79 Å². The van der Waals surface area contributed by atoms with Crippen LogP contribution in [0.2, 0.25) is 0 Å². The second-order valence-electron chi connectivity index (χ2n) is 5.32. The van der Waals surface area contributed by atoms with Crippen molar-refractivity contribution in [3.05, 3.63) is 24.4 Å². The Hall–Kier alpha value is -1.05. The van der Waals surface area contributed by atoms with Crippen LogP contribution < -0.4 is 0 Å². The minimum atomic E-state index is 0.351. The van der Waals surface area contributed by atoms with Crippen molar-refractivity contribution in [3.63, 3.8) is 0 Å². The highest BCUT2D eigenvalue weighted by Gasteiger charge is 2.36. The molecule has 0 aromatic rings. The van der Waals surface area contributed by atoms with Crippen LogP contribution in [0.4, 0.5) is 0 Å². The maximum atomic E-state index is 12.2. The van der Waals surface area contributed by atoms with E-state index in [1.54, 1.807) is 0 Å². The predicted molar refractivity (Wildman–Crippen MR) is 63.6 cm³/mol. The maximum Gasteiger partial charge on any atom is 0.227 e. The predicted octanol–water partition coefficient (Wildman–Crippen LogP) is 2.87. The lowest BCUT2D eigenvalue weighted by Crippen LogP contribution is -2.36. The van der Waals surface area contributed by atoms with Gasteiger partial charge in [0, 0.05) is 18.7 Å². The molecule has 3 rings (SSSR count). The minimum Gasteiger partial charge on any atom is -0.316 e. The molecule has 1 amide bonds. The van der Waals surface area contributed by atoms with Crippen molar-refractivity contribution in [2.45, 2.75) is 44.6 Å². The summed E-state index contributed by atoms with van der Waals surface area (Å²) in [5.74, 6) is 1.70. The van der Waals surface area contributed by atoms with Gasteiger partial charge in [0.1, 0.15) is 0 Å². The molecule has 1 aliphatic carbocycles. The fraction of sp³-hybridized carbons (Fsp3) is 0.643. The van der Waals surface area contributed by atoms with Crippen LogP contribution in [0.15, 0.2) is 24.4 Å². The third kappa shape index (κ3) is 1.70. The zero-order valence-corrected chi connectivity index (χ0v) is 9.64. The average Bonchev–Trinajstić information content (AvgIpc) is 2.45. The molecule has 0 aromatic heterocycles. The Morgan fingerprint density at radius 1 is 1.12 bits per heavy atom. The van der Waals surface area contributed by atoms with Gasteiger partial charge in [-0.1, -0.05) is 18.2 Å². The Balaban J connectivity index is 1.85. The summed E-state index contributed by atoms with van der Waals surface area (Å²) < 4.78 is 0. The Bertz CT molecular complexity index is 345. The summed E-state index contributed by atoms with van der Waals surface area (Å²) >= 11 is 0. The van der Waals surface area contributed by atoms with Crippen molar-refractivity contribution in [2.24, 2.45) is 11.8 Å². The number of carbonyl (C=O) groups is 1. The molecule has 86 valence electrons. The van der Waals surface area contributed by atoms with Gasteiger partial charge in [-0.25, -0.2) is 0 Å². The normalized spacial score (nSPS) is 37.9. The number of hydrogen-bond donors (Lipinski definition) is 0. The molecule has 1 fully saturated rings. The van der Waals surface area contributed by atoms with E-state index in [4.69, 9.17) is 0 Å². The van der Waals surface area contributed by atoms with E-state index in [2.05, 4.69) is 18.2 Å². The Kier molecular flexibility index (Phi) is 2.58. The van der Waals surface area contributed by atoms with Crippen LogP contribution >= 0.6 is 0 Å². The number of fused-ring (bicyclic) bond motifs is 2. The van der Waals surface area contributed by atoms with Gasteiger partial charge in [0.05, 0.1) is 0 Å². The first kappa shape index (κ1) is 10.1. The van der Waals surface area contributed by atoms with Crippen LogP contribution in [-0.4, -0.2) is 16.8 Å². The van der Waals surface area contributed by atoms with Gasteiger partial charge >= 0.3 is 0 Å². The summed E-state index contributed by atoms with van der Waals surface area (Å²) in [6.07, 6.45) is 15.3. The van der Waals surface area contributed by atoms with Crippen LogP contribution in [0.3, 0.4) is 0 Å². The summed E-state index contributed by atoms with van der Waals surface area (Å²) in [7, 11) is 0. The van der Waals surface area contributed by atoms with Crippen LogP contribution in [0.5, 0.6) is 0 Å². The largest absolute Gasteiger partial charge is 0.316 e. The molecule has 3 atom stereocenters. The zero-order valence-electron chi connectivity index (χ0n) is 9.64. The van der Waals surface area contributed by atoms with Gasteiger partial charge in [0.15, 0.2) is 0 Å².